The quantitative estimate of drug-likeness (QED) is 0.381. The van der Waals surface area contributed by atoms with Crippen LogP contribution in [-0.2, 0) is 35.4 Å². The zero-order valence-corrected chi connectivity index (χ0v) is 22.3. The highest BCUT2D eigenvalue weighted by Gasteiger charge is 2.32. The Morgan fingerprint density at radius 3 is 2.37 bits per heavy atom. The molecule has 2 aromatic rings. The molecule has 2 N–H and O–H groups in total. The van der Waals surface area contributed by atoms with E-state index in [1.54, 1.807) is 0 Å². The lowest BCUT2D eigenvalue weighted by Gasteiger charge is -2.30. The van der Waals surface area contributed by atoms with Crippen molar-refractivity contribution in [2.75, 3.05) is 40.2 Å². The molecular formula is C26H34N2O9S. The van der Waals surface area contributed by atoms with E-state index in [4.69, 9.17) is 18.9 Å². The first kappa shape index (κ1) is 29.5. The molecule has 0 aliphatic carbocycles. The normalized spacial score (nSPS) is 16.0. The van der Waals surface area contributed by atoms with E-state index in [1.165, 1.54) is 38.3 Å². The minimum Gasteiger partial charge on any atom is -0.497 e. The summed E-state index contributed by atoms with van der Waals surface area (Å²) in [5, 5.41) is 13.9. The maximum atomic E-state index is 13.5. The highest BCUT2D eigenvalue weighted by Crippen LogP contribution is 2.21. The first-order valence-corrected chi connectivity index (χ1v) is 13.6. The molecule has 0 saturated carbocycles. The van der Waals surface area contributed by atoms with E-state index in [2.05, 4.69) is 5.32 Å². The molecule has 11 nitrogen and oxygen atoms in total. The van der Waals surface area contributed by atoms with Gasteiger partial charge in [0.2, 0.25) is 10.0 Å². The highest BCUT2D eigenvalue weighted by atomic mass is 32.2. The molecule has 1 aliphatic heterocycles. The number of carbonyl (C=O) groups is 2. The van der Waals surface area contributed by atoms with Crippen LogP contribution in [0, 0.1) is 0 Å². The highest BCUT2D eigenvalue weighted by molar-refractivity contribution is 7.89. The SMILES string of the molecule is COc1ccc(S(=O)(=O)N(CCC(C)=O)C[C@@H](O)[C@H](Cc2ccccc2)NC(=O)OC2COCOC2)cc1. The third-order valence-electron chi connectivity index (χ3n) is 5.92. The van der Waals surface area contributed by atoms with Crippen molar-refractivity contribution in [1.82, 2.24) is 9.62 Å². The van der Waals surface area contributed by atoms with Crippen LogP contribution in [-0.4, -0.2) is 88.2 Å². The van der Waals surface area contributed by atoms with Crippen molar-refractivity contribution in [3.8, 4) is 5.75 Å². The Morgan fingerprint density at radius 2 is 1.76 bits per heavy atom. The van der Waals surface area contributed by atoms with Gasteiger partial charge in [-0.25, -0.2) is 13.2 Å². The van der Waals surface area contributed by atoms with Crippen molar-refractivity contribution in [3.05, 3.63) is 60.2 Å². The zero-order valence-electron chi connectivity index (χ0n) is 21.4. The molecule has 0 unspecified atom stereocenters. The van der Waals surface area contributed by atoms with Gasteiger partial charge in [-0.2, -0.15) is 4.31 Å². The number of methoxy groups -OCH3 is 1. The number of aliphatic hydroxyl groups is 1. The summed E-state index contributed by atoms with van der Waals surface area (Å²) < 4.78 is 48.7. The standard InChI is InChI=1S/C26H34N2O9S/c1-19(29)12-13-28(38(32,33)23-10-8-21(34-2)9-11-23)15-25(30)24(14-20-6-4-3-5-7-20)27-26(31)37-22-16-35-18-36-17-22/h3-11,22,24-25,30H,12-18H2,1-2H3,(H,27,31)/t24-,25+/m0/s1. The first-order chi connectivity index (χ1) is 18.2. The Hall–Kier alpha value is -3.03. The van der Waals surface area contributed by atoms with Gasteiger partial charge >= 0.3 is 6.09 Å². The van der Waals surface area contributed by atoms with Gasteiger partial charge in [-0.15, -0.1) is 0 Å². The summed E-state index contributed by atoms with van der Waals surface area (Å²) in [6, 6.07) is 14.1. The number of carbonyl (C=O) groups excluding carboxylic acids is 2. The molecular weight excluding hydrogens is 516 g/mol. The lowest BCUT2D eigenvalue weighted by atomic mass is 10.0. The predicted octanol–water partition coefficient (Wildman–Crippen LogP) is 1.74. The Bertz CT molecular complexity index is 1140. The van der Waals surface area contributed by atoms with Crippen molar-refractivity contribution in [1.29, 1.82) is 0 Å². The van der Waals surface area contributed by atoms with E-state index in [0.717, 1.165) is 9.87 Å². The van der Waals surface area contributed by atoms with Crippen LogP contribution in [0.1, 0.15) is 18.9 Å². The Balaban J connectivity index is 1.80. The number of hydrogen-bond acceptors (Lipinski definition) is 9. The van der Waals surface area contributed by atoms with Crippen molar-refractivity contribution in [2.24, 2.45) is 0 Å². The Labute approximate surface area is 222 Å². The predicted molar refractivity (Wildman–Crippen MR) is 137 cm³/mol. The number of nitrogens with one attached hydrogen (secondary N) is 1. The van der Waals surface area contributed by atoms with Crippen LogP contribution in [0.25, 0.3) is 0 Å². The third kappa shape index (κ3) is 8.77. The number of hydrogen-bond donors (Lipinski definition) is 2. The topological polar surface area (TPSA) is 141 Å². The summed E-state index contributed by atoms with van der Waals surface area (Å²) in [5.41, 5.74) is 0.814. The average molecular weight is 551 g/mol. The number of alkyl carbamates (subject to hydrolysis) is 1. The number of ketones is 1. The van der Waals surface area contributed by atoms with Gasteiger partial charge in [0.1, 0.15) is 18.3 Å². The number of ether oxygens (including phenoxy) is 4. The van der Waals surface area contributed by atoms with Gasteiger partial charge in [0.15, 0.2) is 6.10 Å². The van der Waals surface area contributed by atoms with Gasteiger partial charge in [0.25, 0.3) is 0 Å². The van der Waals surface area contributed by atoms with Crippen LogP contribution < -0.4 is 10.1 Å². The monoisotopic (exact) mass is 550 g/mol. The zero-order chi connectivity index (χ0) is 27.5. The van der Waals surface area contributed by atoms with Crippen molar-refractivity contribution < 1.29 is 42.1 Å². The molecule has 208 valence electrons. The molecule has 1 heterocycles. The average Bonchev–Trinajstić information content (AvgIpc) is 2.91. The molecule has 0 bridgehead atoms. The summed E-state index contributed by atoms with van der Waals surface area (Å²) in [7, 11) is -2.62. The summed E-state index contributed by atoms with van der Waals surface area (Å²) >= 11 is 0. The van der Waals surface area contributed by atoms with Crippen LogP contribution in [0.5, 0.6) is 5.75 Å². The molecule has 0 aromatic heterocycles. The van der Waals surface area contributed by atoms with E-state index in [-0.39, 0.29) is 56.6 Å². The largest absolute Gasteiger partial charge is 0.497 e. The molecule has 1 amide bonds. The first-order valence-electron chi connectivity index (χ1n) is 12.2. The number of amides is 1. The van der Waals surface area contributed by atoms with Crippen molar-refractivity contribution >= 4 is 21.9 Å². The second kappa shape index (κ2) is 14.2. The van der Waals surface area contributed by atoms with Crippen molar-refractivity contribution in [3.63, 3.8) is 0 Å². The number of nitrogens with zero attached hydrogens (tertiary/aromatic N) is 1. The molecule has 0 spiro atoms. The van der Waals surface area contributed by atoms with E-state index >= 15 is 0 Å². The molecule has 1 saturated heterocycles. The third-order valence-corrected chi connectivity index (χ3v) is 7.79. The smallest absolute Gasteiger partial charge is 0.407 e. The molecule has 12 heteroatoms. The van der Waals surface area contributed by atoms with Gasteiger partial charge in [-0.1, -0.05) is 30.3 Å². The number of sulfonamides is 1. The number of rotatable bonds is 13. The van der Waals surface area contributed by atoms with Crippen molar-refractivity contribution in [2.45, 2.75) is 42.9 Å². The van der Waals surface area contributed by atoms with E-state index in [9.17, 15) is 23.1 Å². The molecule has 3 rings (SSSR count). The van der Waals surface area contributed by atoms with E-state index < -0.39 is 34.4 Å². The maximum Gasteiger partial charge on any atom is 0.407 e. The summed E-state index contributed by atoms with van der Waals surface area (Å²) in [6.45, 7) is 1.34. The van der Waals surface area contributed by atoms with Gasteiger partial charge in [0, 0.05) is 19.5 Å². The van der Waals surface area contributed by atoms with Crippen LogP contribution in [0.3, 0.4) is 0 Å². The summed E-state index contributed by atoms with van der Waals surface area (Å²) in [6.07, 6.45) is -2.57. The van der Waals surface area contributed by atoms with Gasteiger partial charge < -0.3 is 29.4 Å². The van der Waals surface area contributed by atoms with Crippen LogP contribution >= 0.6 is 0 Å². The Kier molecular flexibility index (Phi) is 11.0. The second-order valence-electron chi connectivity index (χ2n) is 8.89. The summed E-state index contributed by atoms with van der Waals surface area (Å²) in [5.74, 6) is 0.285. The Morgan fingerprint density at radius 1 is 1.11 bits per heavy atom. The molecule has 2 aromatic carbocycles. The van der Waals surface area contributed by atoms with Crippen LogP contribution in [0.15, 0.2) is 59.5 Å². The molecule has 2 atom stereocenters. The van der Waals surface area contributed by atoms with Crippen LogP contribution in [0.4, 0.5) is 4.79 Å². The van der Waals surface area contributed by atoms with Crippen LogP contribution in [0.2, 0.25) is 0 Å². The minimum absolute atomic E-state index is 0.0154. The van der Waals surface area contributed by atoms with E-state index in [1.807, 2.05) is 30.3 Å². The lowest BCUT2D eigenvalue weighted by molar-refractivity contribution is -0.151. The van der Waals surface area contributed by atoms with E-state index in [0.29, 0.717) is 5.75 Å². The molecule has 1 aliphatic rings. The number of aliphatic hydroxyl groups excluding tert-OH is 1. The molecule has 1 fully saturated rings. The number of Topliss-reactive ketones (excluding diaryl/α,β-unsaturated/α-hetero) is 1. The molecule has 38 heavy (non-hydrogen) atoms. The number of benzene rings is 2. The fourth-order valence-corrected chi connectivity index (χ4v) is 5.31. The summed E-state index contributed by atoms with van der Waals surface area (Å²) in [4.78, 5) is 24.3. The fraction of sp³-hybridized carbons (Fsp3) is 0.462. The second-order valence-corrected chi connectivity index (χ2v) is 10.8. The van der Waals surface area contributed by atoms with Gasteiger partial charge in [0.05, 0.1) is 37.4 Å². The lowest BCUT2D eigenvalue weighted by Crippen LogP contribution is -2.51. The fourth-order valence-electron chi connectivity index (χ4n) is 3.85. The van der Waals surface area contributed by atoms with Gasteiger partial charge in [-0.05, 0) is 43.2 Å². The van der Waals surface area contributed by atoms with Gasteiger partial charge in [-0.3, -0.25) is 4.79 Å². The molecule has 0 radical (unpaired) electrons. The minimum atomic E-state index is -4.09. The maximum absolute atomic E-state index is 13.5.